The molecular formula is C28H38N4O3. The van der Waals surface area contributed by atoms with Gasteiger partial charge in [-0.3, -0.25) is 4.79 Å². The third-order valence-corrected chi connectivity index (χ3v) is 7.18. The van der Waals surface area contributed by atoms with Gasteiger partial charge in [-0.1, -0.05) is 31.2 Å². The number of nitrogens with zero attached hydrogens (tertiary/aromatic N) is 2. The topological polar surface area (TPSA) is 77.1 Å². The number of likely N-dealkylation sites (N-methyl/N-ethyl adjacent to an activating group) is 1. The lowest BCUT2D eigenvalue weighted by atomic mass is 9.97. The van der Waals surface area contributed by atoms with Crippen LogP contribution in [-0.2, 0) is 17.8 Å². The van der Waals surface area contributed by atoms with E-state index in [0.717, 1.165) is 56.7 Å². The van der Waals surface area contributed by atoms with Crippen molar-refractivity contribution in [3.8, 4) is 5.75 Å². The fourth-order valence-electron chi connectivity index (χ4n) is 4.93. The zero-order chi connectivity index (χ0) is 24.8. The standard InChI is InChI=1S/C28H38N4O3/c1-4-20-5-7-21(8-6-20)19-30-22-11-13-31(14-12-22)15-16-32-26-17-23(35-3)9-10-24(26)25(18-27(32)33)28(34)29-2/h5-10,17-18,22,27,30,33H,4,11-16,19H2,1-3H3,(H,29,34). The number of carbonyl (C=O) groups is 1. The molecule has 35 heavy (non-hydrogen) atoms. The fourth-order valence-corrected chi connectivity index (χ4v) is 4.93. The normalized spacial score (nSPS) is 18.7. The zero-order valence-electron chi connectivity index (χ0n) is 21.1. The van der Waals surface area contributed by atoms with E-state index in [2.05, 4.69) is 46.7 Å². The summed E-state index contributed by atoms with van der Waals surface area (Å²) in [7, 11) is 3.23. The minimum Gasteiger partial charge on any atom is -0.497 e. The predicted octanol–water partition coefficient (Wildman–Crippen LogP) is 2.78. The SMILES string of the molecule is CCc1ccc(CNC2CCN(CCN3c4cc(OC)ccc4C(C(=O)NC)=CC3O)CC2)cc1. The van der Waals surface area contributed by atoms with E-state index < -0.39 is 6.23 Å². The number of fused-ring (bicyclic) bond motifs is 1. The first-order valence-electron chi connectivity index (χ1n) is 12.6. The molecule has 1 amide bonds. The fraction of sp³-hybridized carbons (Fsp3) is 0.464. The summed E-state index contributed by atoms with van der Waals surface area (Å²) in [5.74, 6) is 0.501. The van der Waals surface area contributed by atoms with Crippen LogP contribution in [0.3, 0.4) is 0 Å². The number of hydrogen-bond acceptors (Lipinski definition) is 6. The van der Waals surface area contributed by atoms with E-state index in [9.17, 15) is 9.90 Å². The van der Waals surface area contributed by atoms with Crippen molar-refractivity contribution >= 4 is 17.2 Å². The van der Waals surface area contributed by atoms with Crippen molar-refractivity contribution in [2.24, 2.45) is 0 Å². The van der Waals surface area contributed by atoms with Gasteiger partial charge in [0, 0.05) is 49.9 Å². The largest absolute Gasteiger partial charge is 0.497 e. The van der Waals surface area contributed by atoms with E-state index in [0.29, 0.717) is 23.9 Å². The molecule has 0 radical (unpaired) electrons. The van der Waals surface area contributed by atoms with Gasteiger partial charge in [0.05, 0.1) is 12.8 Å². The first kappa shape index (κ1) is 25.2. The summed E-state index contributed by atoms with van der Waals surface area (Å²) in [4.78, 5) is 16.8. The maximum atomic E-state index is 12.4. The monoisotopic (exact) mass is 478 g/mol. The third kappa shape index (κ3) is 6.04. The molecule has 2 aromatic rings. The zero-order valence-corrected chi connectivity index (χ0v) is 21.1. The lowest BCUT2D eigenvalue weighted by molar-refractivity contribution is -0.115. The number of benzene rings is 2. The lowest BCUT2D eigenvalue weighted by Gasteiger charge is -2.38. The molecule has 4 rings (SSSR count). The van der Waals surface area contributed by atoms with Gasteiger partial charge in [0.2, 0.25) is 0 Å². The van der Waals surface area contributed by atoms with Crippen molar-refractivity contribution in [2.75, 3.05) is 45.2 Å². The van der Waals surface area contributed by atoms with Crippen LogP contribution in [0.1, 0.15) is 36.5 Å². The number of hydrogen-bond donors (Lipinski definition) is 3. The second-order valence-corrected chi connectivity index (χ2v) is 9.32. The minimum absolute atomic E-state index is 0.203. The first-order valence-corrected chi connectivity index (χ1v) is 12.6. The molecule has 0 bridgehead atoms. The van der Waals surface area contributed by atoms with Crippen molar-refractivity contribution in [1.29, 1.82) is 0 Å². The van der Waals surface area contributed by atoms with E-state index in [1.54, 1.807) is 20.2 Å². The first-order chi connectivity index (χ1) is 17.0. The molecular weight excluding hydrogens is 440 g/mol. The molecule has 0 aromatic heterocycles. The molecule has 7 nitrogen and oxygen atoms in total. The number of methoxy groups -OCH3 is 1. The van der Waals surface area contributed by atoms with Crippen LogP contribution in [0.15, 0.2) is 48.5 Å². The number of likely N-dealkylation sites (tertiary alicyclic amines) is 1. The van der Waals surface area contributed by atoms with Gasteiger partial charge in [-0.15, -0.1) is 0 Å². The van der Waals surface area contributed by atoms with Gasteiger partial charge in [-0.05, 0) is 61.7 Å². The molecule has 7 heteroatoms. The van der Waals surface area contributed by atoms with E-state index >= 15 is 0 Å². The van der Waals surface area contributed by atoms with Gasteiger partial charge in [0.15, 0.2) is 0 Å². The number of amides is 1. The van der Waals surface area contributed by atoms with E-state index in [4.69, 9.17) is 4.74 Å². The summed E-state index contributed by atoms with van der Waals surface area (Å²) in [5, 5.41) is 17.3. The summed E-state index contributed by atoms with van der Waals surface area (Å²) in [6.45, 7) is 6.67. The maximum absolute atomic E-state index is 12.4. The summed E-state index contributed by atoms with van der Waals surface area (Å²) in [5.41, 5.74) is 4.84. The summed E-state index contributed by atoms with van der Waals surface area (Å²) >= 11 is 0. The second kappa shape index (κ2) is 11.7. The van der Waals surface area contributed by atoms with Crippen molar-refractivity contribution in [3.63, 3.8) is 0 Å². The Morgan fingerprint density at radius 3 is 2.46 bits per heavy atom. The molecule has 2 heterocycles. The Kier molecular flexibility index (Phi) is 8.44. The number of ether oxygens (including phenoxy) is 1. The number of anilines is 1. The molecule has 2 aromatic carbocycles. The quantitative estimate of drug-likeness (QED) is 0.515. The predicted molar refractivity (Wildman–Crippen MR) is 141 cm³/mol. The molecule has 188 valence electrons. The van der Waals surface area contributed by atoms with Crippen LogP contribution in [0.4, 0.5) is 5.69 Å². The van der Waals surface area contributed by atoms with Gasteiger partial charge in [0.1, 0.15) is 12.0 Å². The van der Waals surface area contributed by atoms with Crippen LogP contribution in [0.5, 0.6) is 5.75 Å². The molecule has 1 saturated heterocycles. The molecule has 0 spiro atoms. The second-order valence-electron chi connectivity index (χ2n) is 9.32. The molecule has 1 atom stereocenters. The molecule has 0 aliphatic carbocycles. The Balaban J connectivity index is 1.32. The molecule has 1 fully saturated rings. The van der Waals surface area contributed by atoms with Crippen LogP contribution in [0, 0.1) is 0 Å². The Hall–Kier alpha value is -2.87. The average molecular weight is 479 g/mol. The summed E-state index contributed by atoms with van der Waals surface area (Å²) in [6, 6.07) is 15.1. The van der Waals surface area contributed by atoms with Crippen LogP contribution in [0.2, 0.25) is 0 Å². The highest BCUT2D eigenvalue weighted by molar-refractivity contribution is 6.21. The van der Waals surface area contributed by atoms with Crippen molar-refractivity contribution in [2.45, 2.75) is 45.0 Å². The smallest absolute Gasteiger partial charge is 0.251 e. The van der Waals surface area contributed by atoms with Crippen LogP contribution >= 0.6 is 0 Å². The van der Waals surface area contributed by atoms with Gasteiger partial charge in [-0.2, -0.15) is 0 Å². The van der Waals surface area contributed by atoms with Crippen molar-refractivity contribution in [1.82, 2.24) is 15.5 Å². The van der Waals surface area contributed by atoms with Crippen LogP contribution < -0.4 is 20.3 Å². The van der Waals surface area contributed by atoms with Gasteiger partial charge >= 0.3 is 0 Å². The average Bonchev–Trinajstić information content (AvgIpc) is 2.91. The van der Waals surface area contributed by atoms with Gasteiger partial charge in [-0.25, -0.2) is 0 Å². The van der Waals surface area contributed by atoms with E-state index in [-0.39, 0.29) is 5.91 Å². The number of aliphatic hydroxyl groups is 1. The molecule has 3 N–H and O–H groups in total. The van der Waals surface area contributed by atoms with E-state index in [1.807, 2.05) is 23.1 Å². The Bertz CT molecular complexity index is 1030. The summed E-state index contributed by atoms with van der Waals surface area (Å²) < 4.78 is 5.41. The van der Waals surface area contributed by atoms with Crippen LogP contribution in [-0.4, -0.2) is 68.5 Å². The van der Waals surface area contributed by atoms with Crippen LogP contribution in [0.25, 0.3) is 5.57 Å². The van der Waals surface area contributed by atoms with Gasteiger partial charge < -0.3 is 30.3 Å². The Morgan fingerprint density at radius 2 is 1.80 bits per heavy atom. The summed E-state index contributed by atoms with van der Waals surface area (Å²) in [6.07, 6.45) is 4.07. The van der Waals surface area contributed by atoms with Crippen molar-refractivity contribution < 1.29 is 14.6 Å². The Labute approximate surface area is 208 Å². The number of carbonyl (C=O) groups excluding carboxylic acids is 1. The maximum Gasteiger partial charge on any atom is 0.251 e. The highest BCUT2D eigenvalue weighted by atomic mass is 16.5. The van der Waals surface area contributed by atoms with Gasteiger partial charge in [0.25, 0.3) is 5.91 Å². The molecule has 0 saturated carbocycles. The highest BCUT2D eigenvalue weighted by Gasteiger charge is 2.29. The third-order valence-electron chi connectivity index (χ3n) is 7.18. The lowest BCUT2D eigenvalue weighted by Crippen LogP contribution is -2.47. The van der Waals surface area contributed by atoms with Crippen molar-refractivity contribution in [3.05, 3.63) is 65.2 Å². The highest BCUT2D eigenvalue weighted by Crippen LogP contribution is 2.36. The number of aliphatic hydroxyl groups excluding tert-OH is 1. The number of nitrogens with one attached hydrogen (secondary N) is 2. The number of piperidine rings is 1. The Morgan fingerprint density at radius 1 is 1.09 bits per heavy atom. The molecule has 1 unspecified atom stereocenters. The van der Waals surface area contributed by atoms with E-state index in [1.165, 1.54) is 11.1 Å². The minimum atomic E-state index is -0.861. The molecule has 2 aliphatic rings. The number of rotatable bonds is 9. The molecule has 2 aliphatic heterocycles. The number of aryl methyl sites for hydroxylation is 1.